The van der Waals surface area contributed by atoms with Crippen molar-refractivity contribution in [3.63, 3.8) is 0 Å². The summed E-state index contributed by atoms with van der Waals surface area (Å²) in [5.74, 6) is -5.70. The van der Waals surface area contributed by atoms with E-state index in [2.05, 4.69) is 5.32 Å². The minimum Gasteiger partial charge on any atom is -0.480 e. The van der Waals surface area contributed by atoms with Crippen LogP contribution in [0.3, 0.4) is 0 Å². The smallest absolute Gasteiger partial charge is 0.333 e. The van der Waals surface area contributed by atoms with Crippen LogP contribution in [0.15, 0.2) is 17.5 Å². The molecular formula is C24H27N3O9S3. The Morgan fingerprint density at radius 1 is 1.05 bits per heavy atom. The topological polar surface area (TPSA) is 160 Å². The van der Waals surface area contributed by atoms with Crippen LogP contribution in [0.4, 0.5) is 0 Å². The van der Waals surface area contributed by atoms with Crippen molar-refractivity contribution >= 4 is 70.5 Å². The summed E-state index contributed by atoms with van der Waals surface area (Å²) >= 11 is 3.93. The fourth-order valence-electron chi connectivity index (χ4n) is 5.44. The van der Waals surface area contributed by atoms with Gasteiger partial charge in [0, 0.05) is 14.4 Å². The normalized spacial score (nSPS) is 30.4. The molecule has 0 bridgehead atoms. The van der Waals surface area contributed by atoms with Crippen LogP contribution in [0.2, 0.25) is 0 Å². The first kappa shape index (κ1) is 27.8. The minimum atomic E-state index is -1.45. The van der Waals surface area contributed by atoms with E-state index in [0.717, 1.165) is 11.3 Å². The second-order valence-electron chi connectivity index (χ2n) is 10.7. The van der Waals surface area contributed by atoms with Gasteiger partial charge in [0.1, 0.15) is 23.5 Å². The molecule has 4 aliphatic rings. The summed E-state index contributed by atoms with van der Waals surface area (Å²) < 4.78 is 9.10. The van der Waals surface area contributed by atoms with Crippen molar-refractivity contribution in [3.05, 3.63) is 22.4 Å². The van der Waals surface area contributed by atoms with Gasteiger partial charge in [0.05, 0.1) is 11.8 Å². The molecule has 2 N–H and O–H groups in total. The number of carboxylic acid groups (broad SMARTS) is 1. The molecule has 6 atom stereocenters. The summed E-state index contributed by atoms with van der Waals surface area (Å²) in [6.07, 6.45) is 0.374. The Morgan fingerprint density at radius 3 is 2.23 bits per heavy atom. The average molecular weight is 598 g/mol. The number of hydrogen-bond donors (Lipinski definition) is 2. The number of hydrogen-bond acceptors (Lipinski definition) is 11. The van der Waals surface area contributed by atoms with Crippen LogP contribution in [0.25, 0.3) is 0 Å². The number of thioether (sulfide) groups is 2. The van der Waals surface area contributed by atoms with Gasteiger partial charge in [0.15, 0.2) is 5.92 Å². The fraction of sp³-hybridized carbons (Fsp3) is 0.583. The molecule has 5 heterocycles. The number of fused-ring (bicyclic) bond motifs is 2. The SMILES string of the molecule is CC1(C)S[C@@H]2[C@H](NC(=O)C(C(=O)O)c3cccs3)C(=O)N2[C@H]1C(=O)OCOC(=O)[C@@H]1N2C(=O)C[C@H]2SC1(C)C. The molecule has 4 fully saturated rings. The van der Waals surface area contributed by atoms with E-state index >= 15 is 0 Å². The minimum absolute atomic E-state index is 0.0669. The second-order valence-corrected chi connectivity index (χ2v) is 15.2. The van der Waals surface area contributed by atoms with Gasteiger partial charge >= 0.3 is 17.9 Å². The van der Waals surface area contributed by atoms with E-state index in [1.54, 1.807) is 25.3 Å². The van der Waals surface area contributed by atoms with Crippen molar-refractivity contribution in [3.8, 4) is 0 Å². The molecule has 1 unspecified atom stereocenters. The summed E-state index contributed by atoms with van der Waals surface area (Å²) in [5, 5.41) is 13.1. The molecule has 210 valence electrons. The number of amides is 3. The van der Waals surface area contributed by atoms with E-state index in [9.17, 15) is 33.9 Å². The Kier molecular flexibility index (Phi) is 6.91. The Morgan fingerprint density at radius 2 is 1.67 bits per heavy atom. The lowest BCUT2D eigenvalue weighted by molar-refractivity contribution is -0.181. The number of thiophene rings is 1. The molecule has 0 radical (unpaired) electrons. The number of carbonyl (C=O) groups is 6. The maximum Gasteiger partial charge on any atom is 0.333 e. The highest BCUT2D eigenvalue weighted by Crippen LogP contribution is 2.52. The molecule has 0 aromatic carbocycles. The van der Waals surface area contributed by atoms with Crippen molar-refractivity contribution in [1.29, 1.82) is 0 Å². The van der Waals surface area contributed by atoms with Crippen molar-refractivity contribution in [1.82, 2.24) is 15.1 Å². The van der Waals surface area contributed by atoms with Crippen LogP contribution in [-0.4, -0.2) is 95.7 Å². The highest BCUT2D eigenvalue weighted by molar-refractivity contribution is 8.02. The third kappa shape index (κ3) is 4.57. The molecule has 3 amide bonds. The van der Waals surface area contributed by atoms with Gasteiger partial charge in [0.25, 0.3) is 0 Å². The van der Waals surface area contributed by atoms with E-state index < -0.39 is 75.4 Å². The third-order valence-electron chi connectivity index (χ3n) is 7.25. The van der Waals surface area contributed by atoms with Gasteiger partial charge in [-0.15, -0.1) is 34.9 Å². The van der Waals surface area contributed by atoms with E-state index in [-0.39, 0.29) is 11.3 Å². The predicted octanol–water partition coefficient (Wildman–Crippen LogP) is 0.960. The number of nitrogens with one attached hydrogen (secondary N) is 1. The van der Waals surface area contributed by atoms with E-state index in [4.69, 9.17) is 9.47 Å². The van der Waals surface area contributed by atoms with Gasteiger partial charge in [-0.1, -0.05) is 6.07 Å². The van der Waals surface area contributed by atoms with Crippen LogP contribution in [0.5, 0.6) is 0 Å². The average Bonchev–Trinajstić information content (AvgIpc) is 3.49. The molecule has 0 aliphatic carbocycles. The maximum absolute atomic E-state index is 13.0. The summed E-state index contributed by atoms with van der Waals surface area (Å²) in [6.45, 7) is 6.53. The Bertz CT molecular complexity index is 1250. The molecule has 0 spiro atoms. The summed E-state index contributed by atoms with van der Waals surface area (Å²) in [6, 6.07) is 0.371. The molecule has 39 heavy (non-hydrogen) atoms. The molecule has 0 saturated carbocycles. The number of esters is 2. The zero-order chi connectivity index (χ0) is 28.4. The summed E-state index contributed by atoms with van der Waals surface area (Å²) in [4.78, 5) is 78.5. The number of rotatable bonds is 8. The Balaban J connectivity index is 1.19. The fourth-order valence-corrected chi connectivity index (χ4v) is 9.50. The lowest BCUT2D eigenvalue weighted by Gasteiger charge is -2.44. The van der Waals surface area contributed by atoms with E-state index in [1.807, 2.05) is 13.8 Å². The van der Waals surface area contributed by atoms with Crippen molar-refractivity contribution in [2.75, 3.05) is 6.79 Å². The van der Waals surface area contributed by atoms with Crippen LogP contribution in [-0.2, 0) is 38.2 Å². The molecule has 12 nitrogen and oxygen atoms in total. The first-order valence-corrected chi connectivity index (χ1v) is 14.8. The zero-order valence-corrected chi connectivity index (χ0v) is 23.9. The first-order valence-electron chi connectivity index (χ1n) is 12.1. The van der Waals surface area contributed by atoms with Gasteiger partial charge in [0.2, 0.25) is 24.5 Å². The summed E-state index contributed by atoms with van der Waals surface area (Å²) in [7, 11) is 0. The van der Waals surface area contributed by atoms with Crippen molar-refractivity contribution in [2.24, 2.45) is 0 Å². The standard InChI is InChI=1S/C24H27N3O9S3/c1-23(2)15(26-11(28)8-12(26)38-23)21(33)35-9-36-22(34)16-24(3,4)39-19-14(18(30)27(16)19)25-17(29)13(20(31)32)10-6-5-7-37-10/h5-7,12-16,19H,8-9H2,1-4H3,(H,25,29)(H,31,32)/t12-,13?,14-,15+,16+,19-/m1/s1. The molecule has 1 aromatic heterocycles. The quantitative estimate of drug-likeness (QED) is 0.190. The zero-order valence-electron chi connectivity index (χ0n) is 21.4. The Labute approximate surface area is 236 Å². The summed E-state index contributed by atoms with van der Waals surface area (Å²) in [5.41, 5.74) is 0. The van der Waals surface area contributed by atoms with Crippen molar-refractivity contribution < 1.29 is 43.3 Å². The highest BCUT2D eigenvalue weighted by Gasteiger charge is 2.65. The van der Waals surface area contributed by atoms with Gasteiger partial charge in [-0.05, 0) is 39.1 Å². The molecule has 4 saturated heterocycles. The monoisotopic (exact) mass is 597 g/mol. The van der Waals surface area contributed by atoms with Crippen LogP contribution in [0, 0.1) is 0 Å². The highest BCUT2D eigenvalue weighted by atomic mass is 32.2. The molecule has 1 aromatic rings. The lowest BCUT2D eigenvalue weighted by Crippen LogP contribution is -2.71. The van der Waals surface area contributed by atoms with Crippen LogP contribution in [0.1, 0.15) is 44.9 Å². The van der Waals surface area contributed by atoms with Gasteiger partial charge in [-0.25, -0.2) is 9.59 Å². The molecular weight excluding hydrogens is 570 g/mol. The number of ether oxygens (including phenoxy) is 2. The molecule has 5 rings (SSSR count). The van der Waals surface area contributed by atoms with Gasteiger partial charge < -0.3 is 29.7 Å². The van der Waals surface area contributed by atoms with Crippen molar-refractivity contribution in [2.45, 2.75) is 78.4 Å². The number of carboxylic acids is 1. The maximum atomic E-state index is 13.0. The van der Waals surface area contributed by atoms with Crippen LogP contribution >= 0.6 is 34.9 Å². The number of aliphatic carboxylic acids is 1. The lowest BCUT2D eigenvalue weighted by atomic mass is 9.95. The van der Waals surface area contributed by atoms with Gasteiger partial charge in [-0.3, -0.25) is 19.2 Å². The third-order valence-corrected chi connectivity index (χ3v) is 11.3. The number of β-lactam (4-membered cyclic amide) rings is 2. The van der Waals surface area contributed by atoms with E-state index in [1.165, 1.54) is 39.4 Å². The molecule has 4 aliphatic heterocycles. The van der Waals surface area contributed by atoms with Crippen LogP contribution < -0.4 is 5.32 Å². The number of nitrogens with zero attached hydrogens (tertiary/aromatic N) is 2. The van der Waals surface area contributed by atoms with E-state index in [0.29, 0.717) is 11.3 Å². The molecule has 15 heteroatoms. The Hall–Kier alpha value is -2.78. The number of carbonyl (C=O) groups excluding carboxylic acids is 5. The van der Waals surface area contributed by atoms with Gasteiger partial charge in [-0.2, -0.15) is 0 Å². The predicted molar refractivity (Wildman–Crippen MR) is 140 cm³/mol. The second kappa shape index (κ2) is 9.70. The largest absolute Gasteiger partial charge is 0.480 e. The first-order chi connectivity index (χ1) is 18.2.